The van der Waals surface area contributed by atoms with Crippen molar-refractivity contribution < 1.29 is 13.6 Å². The molecule has 3 aliphatic rings. The average Bonchev–Trinajstić information content (AvgIpc) is 2.96. The van der Waals surface area contributed by atoms with Crippen LogP contribution in [0, 0.1) is 17.0 Å². The molecule has 1 atom stereocenters. The van der Waals surface area contributed by atoms with Gasteiger partial charge in [-0.25, -0.2) is 13.6 Å². The van der Waals surface area contributed by atoms with E-state index < -0.39 is 11.6 Å². The Morgan fingerprint density at radius 3 is 2.69 bits per heavy atom. The van der Waals surface area contributed by atoms with Gasteiger partial charge in [-0.05, 0) is 62.1 Å². The summed E-state index contributed by atoms with van der Waals surface area (Å²) in [4.78, 5) is 21.4. The zero-order valence-electron chi connectivity index (χ0n) is 21.9. The van der Waals surface area contributed by atoms with Crippen LogP contribution in [0.5, 0.6) is 0 Å². The minimum Gasteiger partial charge on any atom is -0.402 e. The summed E-state index contributed by atoms with van der Waals surface area (Å²) in [7, 11) is 0. The summed E-state index contributed by atoms with van der Waals surface area (Å²) in [5.74, 6) is -1.11. The van der Waals surface area contributed by atoms with Crippen LogP contribution < -0.4 is 11.1 Å². The van der Waals surface area contributed by atoms with Crippen molar-refractivity contribution in [3.63, 3.8) is 0 Å². The second-order valence-corrected chi connectivity index (χ2v) is 10.4. The number of piperidine rings is 1. The van der Waals surface area contributed by atoms with Crippen molar-refractivity contribution in [1.29, 1.82) is 5.41 Å². The molecule has 1 unspecified atom stereocenters. The number of aromatic nitrogens is 1. The molecular weight excluding hydrogens is 498 g/mol. The third kappa shape index (κ3) is 6.25. The minimum absolute atomic E-state index is 0.0547. The van der Waals surface area contributed by atoms with Gasteiger partial charge in [0, 0.05) is 60.7 Å². The van der Waals surface area contributed by atoms with Gasteiger partial charge in [-0.3, -0.25) is 15.3 Å². The van der Waals surface area contributed by atoms with Crippen LogP contribution >= 0.6 is 0 Å². The molecule has 0 radical (unpaired) electrons. The fourth-order valence-corrected chi connectivity index (χ4v) is 5.40. The molecule has 9 heteroatoms. The van der Waals surface area contributed by atoms with Gasteiger partial charge in [0.1, 0.15) is 11.6 Å². The summed E-state index contributed by atoms with van der Waals surface area (Å²) in [5.41, 5.74) is 10.6. The van der Waals surface area contributed by atoms with Gasteiger partial charge in [0.15, 0.2) is 0 Å². The largest absolute Gasteiger partial charge is 0.402 e. The molecule has 7 nitrogen and oxygen atoms in total. The van der Waals surface area contributed by atoms with E-state index in [-0.39, 0.29) is 36.4 Å². The molecule has 39 heavy (non-hydrogen) atoms. The third-order valence-corrected chi connectivity index (χ3v) is 7.65. The highest BCUT2D eigenvalue weighted by atomic mass is 19.1. The van der Waals surface area contributed by atoms with E-state index in [1.165, 1.54) is 23.8 Å². The Morgan fingerprint density at radius 1 is 1.15 bits per heavy atom. The quantitative estimate of drug-likeness (QED) is 0.468. The van der Waals surface area contributed by atoms with E-state index >= 15 is 0 Å². The number of carbonyl (C=O) groups excluding carboxylic acids is 1. The molecule has 1 saturated heterocycles. The second kappa shape index (κ2) is 11.9. The molecule has 3 heterocycles. The number of likely N-dealkylation sites (tertiary alicyclic amines) is 1. The van der Waals surface area contributed by atoms with Crippen molar-refractivity contribution >= 4 is 17.3 Å². The number of allylic oxidation sites excluding steroid dienone is 4. The van der Waals surface area contributed by atoms with Gasteiger partial charge in [-0.15, -0.1) is 0 Å². The van der Waals surface area contributed by atoms with Crippen LogP contribution in [-0.2, 0) is 6.54 Å². The third-order valence-electron chi connectivity index (χ3n) is 7.65. The Morgan fingerprint density at radius 2 is 1.97 bits per heavy atom. The highest BCUT2D eigenvalue weighted by molar-refractivity contribution is 6.11. The summed E-state index contributed by atoms with van der Waals surface area (Å²) in [6.45, 7) is 2.09. The summed E-state index contributed by atoms with van der Waals surface area (Å²) in [5, 5.41) is 11.9. The number of rotatable bonds is 6. The number of urea groups is 1. The van der Waals surface area contributed by atoms with E-state index in [0.29, 0.717) is 42.9 Å². The summed E-state index contributed by atoms with van der Waals surface area (Å²) >= 11 is 0. The molecule has 2 amide bonds. The second-order valence-electron chi connectivity index (χ2n) is 10.4. The first-order valence-electron chi connectivity index (χ1n) is 13.5. The van der Waals surface area contributed by atoms with Crippen molar-refractivity contribution in [2.75, 3.05) is 26.2 Å². The number of amides is 2. The number of halogens is 2. The molecule has 1 fully saturated rings. The average molecular weight is 533 g/mol. The lowest BCUT2D eigenvalue weighted by atomic mass is 9.96. The minimum atomic E-state index is -0.554. The monoisotopic (exact) mass is 532 g/mol. The van der Waals surface area contributed by atoms with E-state index in [1.54, 1.807) is 11.1 Å². The van der Waals surface area contributed by atoms with Gasteiger partial charge in [0.2, 0.25) is 0 Å². The molecule has 0 saturated carbocycles. The van der Waals surface area contributed by atoms with E-state index in [0.717, 1.165) is 31.4 Å². The molecule has 4 N–H and O–H groups in total. The van der Waals surface area contributed by atoms with Gasteiger partial charge < -0.3 is 16.0 Å². The van der Waals surface area contributed by atoms with Crippen molar-refractivity contribution in [2.24, 2.45) is 5.73 Å². The number of hydrogen-bond acceptors (Lipinski definition) is 5. The van der Waals surface area contributed by atoms with Crippen molar-refractivity contribution in [3.05, 3.63) is 94.5 Å². The van der Waals surface area contributed by atoms with Crippen LogP contribution in [0.3, 0.4) is 0 Å². The SMILES string of the molecule is N=C(C1=C(N)CCN(C(=O)NC2CCCN(Cc3c(F)cccc3F)C2)C1)c1ccc(C2=CC=CCC2)nc1. The number of benzene rings is 1. The van der Waals surface area contributed by atoms with Crippen molar-refractivity contribution in [1.82, 2.24) is 20.1 Å². The maximum Gasteiger partial charge on any atom is 0.317 e. The topological polar surface area (TPSA) is 98.3 Å². The molecule has 2 aromatic rings. The predicted octanol–water partition coefficient (Wildman–Crippen LogP) is 4.75. The Bertz CT molecular complexity index is 1310. The first-order chi connectivity index (χ1) is 18.9. The molecule has 1 aromatic heterocycles. The van der Waals surface area contributed by atoms with Gasteiger partial charge in [0.25, 0.3) is 0 Å². The van der Waals surface area contributed by atoms with Crippen LogP contribution in [0.4, 0.5) is 13.6 Å². The lowest BCUT2D eigenvalue weighted by molar-refractivity contribution is 0.162. The molecular formula is C30H34F2N6O. The van der Waals surface area contributed by atoms with Crippen LogP contribution in [0.1, 0.15) is 48.9 Å². The zero-order chi connectivity index (χ0) is 27.4. The first kappa shape index (κ1) is 26.7. The number of carbonyl (C=O) groups is 1. The number of nitrogens with zero attached hydrogens (tertiary/aromatic N) is 3. The van der Waals surface area contributed by atoms with E-state index in [4.69, 9.17) is 11.1 Å². The van der Waals surface area contributed by atoms with Crippen LogP contribution in [0.2, 0.25) is 0 Å². The maximum atomic E-state index is 14.1. The fourth-order valence-electron chi connectivity index (χ4n) is 5.40. The Kier molecular flexibility index (Phi) is 8.16. The standard InChI is InChI=1S/C30H34F2N6O/c31-25-9-4-10-26(32)23(25)18-37-14-5-8-22(17-37)36-30(39)38-15-13-27(33)24(19-38)29(34)21-11-12-28(35-16-21)20-6-2-1-3-7-20/h1-2,4,6,9-12,16,22,34H,3,5,7-8,13-15,17-19,33H2,(H,36,39). The van der Waals surface area contributed by atoms with E-state index in [2.05, 4.69) is 22.5 Å². The van der Waals surface area contributed by atoms with Crippen LogP contribution in [-0.4, -0.2) is 58.7 Å². The highest BCUT2D eigenvalue weighted by Gasteiger charge is 2.28. The summed E-state index contributed by atoms with van der Waals surface area (Å²) < 4.78 is 28.3. The number of hydrogen-bond donors (Lipinski definition) is 3. The smallest absolute Gasteiger partial charge is 0.317 e. The van der Waals surface area contributed by atoms with Crippen molar-refractivity contribution in [2.45, 2.75) is 44.7 Å². The summed E-state index contributed by atoms with van der Waals surface area (Å²) in [6.07, 6.45) is 12.0. The van der Waals surface area contributed by atoms with Gasteiger partial charge in [-0.2, -0.15) is 0 Å². The fraction of sp³-hybridized carbons (Fsp3) is 0.367. The molecule has 204 valence electrons. The predicted molar refractivity (Wildman–Crippen MR) is 148 cm³/mol. The van der Waals surface area contributed by atoms with Crippen LogP contribution in [0.15, 0.2) is 66.0 Å². The van der Waals surface area contributed by atoms with E-state index in [9.17, 15) is 13.6 Å². The normalized spacial score (nSPS) is 20.1. The molecule has 1 aromatic carbocycles. The van der Waals surface area contributed by atoms with Crippen LogP contribution in [0.25, 0.3) is 5.57 Å². The highest BCUT2D eigenvalue weighted by Crippen LogP contribution is 2.24. The van der Waals surface area contributed by atoms with E-state index in [1.807, 2.05) is 23.1 Å². The molecule has 1 aliphatic carbocycles. The summed E-state index contributed by atoms with van der Waals surface area (Å²) in [6, 6.07) is 7.36. The zero-order valence-corrected chi connectivity index (χ0v) is 21.9. The Balaban J connectivity index is 1.19. The number of nitrogens with two attached hydrogens (primary N) is 1. The lowest BCUT2D eigenvalue weighted by Gasteiger charge is -2.36. The Labute approximate surface area is 227 Å². The van der Waals surface area contributed by atoms with Gasteiger partial charge in [-0.1, -0.05) is 24.3 Å². The van der Waals surface area contributed by atoms with Gasteiger partial charge >= 0.3 is 6.03 Å². The van der Waals surface area contributed by atoms with Gasteiger partial charge in [0.05, 0.1) is 18.0 Å². The number of pyridine rings is 1. The number of nitrogens with one attached hydrogen (secondary N) is 2. The molecule has 0 spiro atoms. The molecule has 0 bridgehead atoms. The first-order valence-corrected chi connectivity index (χ1v) is 13.5. The molecule has 5 rings (SSSR count). The lowest BCUT2D eigenvalue weighted by Crippen LogP contribution is -2.53. The van der Waals surface area contributed by atoms with Crippen molar-refractivity contribution in [3.8, 4) is 0 Å². The molecule has 2 aliphatic heterocycles. The maximum absolute atomic E-state index is 14.1. The Hall–Kier alpha value is -3.85.